The molecule has 0 saturated heterocycles. The quantitative estimate of drug-likeness (QED) is 0.884. The largest absolute Gasteiger partial charge is 0.497 e. The lowest BCUT2D eigenvalue weighted by Gasteiger charge is -2.03. The number of methoxy groups -OCH3 is 1. The summed E-state index contributed by atoms with van der Waals surface area (Å²) >= 11 is 1.52. The molecule has 1 N–H and O–H groups in total. The molecule has 0 aliphatic carbocycles. The molecule has 4 nitrogen and oxygen atoms in total. The van der Waals surface area contributed by atoms with Gasteiger partial charge in [0.05, 0.1) is 7.11 Å². The van der Waals surface area contributed by atoms with Crippen LogP contribution in [0.5, 0.6) is 5.75 Å². The number of thiazole rings is 1. The van der Waals surface area contributed by atoms with Crippen LogP contribution >= 0.6 is 11.3 Å². The van der Waals surface area contributed by atoms with Gasteiger partial charge in [-0.05, 0) is 23.6 Å². The minimum Gasteiger partial charge on any atom is -0.497 e. The van der Waals surface area contributed by atoms with Crippen LogP contribution in [0.15, 0.2) is 30.5 Å². The summed E-state index contributed by atoms with van der Waals surface area (Å²) in [5.74, 6) is 1.23. The van der Waals surface area contributed by atoms with Gasteiger partial charge in [0.15, 0.2) is 5.13 Å². The summed E-state index contributed by atoms with van der Waals surface area (Å²) in [4.78, 5) is 17.1. The maximum atomic E-state index is 11.7. The van der Waals surface area contributed by atoms with Gasteiger partial charge < -0.3 is 10.1 Å². The molecule has 0 radical (unpaired) electrons. The number of aromatic nitrogens is 1. The second-order valence-electron chi connectivity index (χ2n) is 5.30. The third-order valence-corrected chi connectivity index (χ3v) is 3.84. The molecule has 1 heterocycles. The number of nitrogens with zero attached hydrogens (tertiary/aromatic N) is 1. The highest BCUT2D eigenvalue weighted by Gasteiger charge is 2.09. The number of ether oxygens (including phenoxy) is 1. The van der Waals surface area contributed by atoms with Crippen molar-refractivity contribution in [3.8, 4) is 5.75 Å². The molecule has 0 fully saturated rings. The predicted octanol–water partition coefficient (Wildman–Crippen LogP) is 3.73. The highest BCUT2D eigenvalue weighted by atomic mass is 32.1. The van der Waals surface area contributed by atoms with Gasteiger partial charge in [0.1, 0.15) is 5.75 Å². The molecule has 0 unspecified atom stereocenters. The van der Waals surface area contributed by atoms with Crippen LogP contribution in [0.25, 0.3) is 0 Å². The van der Waals surface area contributed by atoms with E-state index in [9.17, 15) is 4.79 Å². The van der Waals surface area contributed by atoms with Gasteiger partial charge in [-0.1, -0.05) is 26.0 Å². The Balaban J connectivity index is 1.94. The second-order valence-corrected chi connectivity index (χ2v) is 6.42. The van der Waals surface area contributed by atoms with E-state index >= 15 is 0 Å². The van der Waals surface area contributed by atoms with E-state index in [4.69, 9.17) is 4.74 Å². The van der Waals surface area contributed by atoms with Crippen molar-refractivity contribution in [1.29, 1.82) is 0 Å². The normalized spacial score (nSPS) is 10.7. The number of anilines is 1. The molecule has 0 atom stereocenters. The van der Waals surface area contributed by atoms with Gasteiger partial charge in [0.25, 0.3) is 0 Å². The minimum atomic E-state index is 0.0235. The second kappa shape index (κ2) is 7.22. The molecule has 1 amide bonds. The van der Waals surface area contributed by atoms with E-state index in [1.165, 1.54) is 16.9 Å². The maximum Gasteiger partial charge on any atom is 0.226 e. The van der Waals surface area contributed by atoms with Gasteiger partial charge in [-0.2, -0.15) is 0 Å². The predicted molar refractivity (Wildman–Crippen MR) is 86.0 cm³/mol. The Morgan fingerprint density at radius 3 is 2.67 bits per heavy atom. The minimum absolute atomic E-state index is 0.0235. The van der Waals surface area contributed by atoms with Gasteiger partial charge in [0, 0.05) is 23.9 Å². The lowest BCUT2D eigenvalue weighted by atomic mass is 10.1. The lowest BCUT2D eigenvalue weighted by Crippen LogP contribution is -2.13. The first kappa shape index (κ1) is 15.5. The summed E-state index contributed by atoms with van der Waals surface area (Å²) in [6.45, 7) is 4.05. The Labute approximate surface area is 129 Å². The van der Waals surface area contributed by atoms with E-state index in [2.05, 4.69) is 10.3 Å². The summed E-state index contributed by atoms with van der Waals surface area (Å²) in [6, 6.07) is 7.97. The van der Waals surface area contributed by atoms with Crippen LogP contribution in [0, 0.1) is 5.92 Å². The fourth-order valence-corrected chi connectivity index (χ4v) is 2.80. The number of carbonyl (C=O) groups excluding carboxylic acids is 1. The Bertz CT molecular complexity index is 591. The van der Waals surface area contributed by atoms with E-state index in [-0.39, 0.29) is 5.91 Å². The zero-order valence-electron chi connectivity index (χ0n) is 12.6. The molecule has 112 valence electrons. The van der Waals surface area contributed by atoms with Gasteiger partial charge in [0.2, 0.25) is 5.91 Å². The summed E-state index contributed by atoms with van der Waals surface area (Å²) in [5.41, 5.74) is 1.19. The Hall–Kier alpha value is -1.88. The highest BCUT2D eigenvalue weighted by Crippen LogP contribution is 2.22. The van der Waals surface area contributed by atoms with E-state index in [1.54, 1.807) is 7.11 Å². The summed E-state index contributed by atoms with van der Waals surface area (Å²) in [7, 11) is 1.66. The molecule has 1 aromatic carbocycles. The number of carbonyl (C=O) groups is 1. The SMILES string of the molecule is COc1ccc(Cc2cnc(NC(=O)CC(C)C)s2)cc1. The van der Waals surface area contributed by atoms with Gasteiger partial charge in [-0.15, -0.1) is 11.3 Å². The van der Waals surface area contributed by atoms with Crippen LogP contribution in [-0.4, -0.2) is 18.0 Å². The number of benzene rings is 1. The van der Waals surface area contributed by atoms with E-state index in [1.807, 2.05) is 44.3 Å². The van der Waals surface area contributed by atoms with Gasteiger partial charge in [-0.25, -0.2) is 4.98 Å². The van der Waals surface area contributed by atoms with Gasteiger partial charge >= 0.3 is 0 Å². The monoisotopic (exact) mass is 304 g/mol. The van der Waals surface area contributed by atoms with Crippen molar-refractivity contribution in [2.24, 2.45) is 5.92 Å². The fraction of sp³-hybridized carbons (Fsp3) is 0.375. The average Bonchev–Trinajstić information content (AvgIpc) is 2.85. The van der Waals surface area contributed by atoms with Crippen molar-refractivity contribution >= 4 is 22.4 Å². The van der Waals surface area contributed by atoms with Crippen LogP contribution in [0.1, 0.15) is 30.7 Å². The highest BCUT2D eigenvalue weighted by molar-refractivity contribution is 7.15. The van der Waals surface area contributed by atoms with Crippen LogP contribution in [0.2, 0.25) is 0 Å². The molecule has 1 aromatic heterocycles. The Kier molecular flexibility index (Phi) is 5.33. The van der Waals surface area contributed by atoms with E-state index in [0.717, 1.165) is 17.0 Å². The molecule has 0 saturated carbocycles. The molecule has 0 spiro atoms. The molecule has 0 aliphatic heterocycles. The summed E-state index contributed by atoms with van der Waals surface area (Å²) in [5, 5.41) is 3.52. The maximum absolute atomic E-state index is 11.7. The van der Waals surface area contributed by atoms with Crippen molar-refractivity contribution in [2.75, 3.05) is 12.4 Å². The van der Waals surface area contributed by atoms with Crippen LogP contribution in [-0.2, 0) is 11.2 Å². The topological polar surface area (TPSA) is 51.2 Å². The molecule has 21 heavy (non-hydrogen) atoms. The van der Waals surface area contributed by atoms with E-state index in [0.29, 0.717) is 17.5 Å². The number of amides is 1. The Morgan fingerprint density at radius 1 is 1.33 bits per heavy atom. The Morgan fingerprint density at radius 2 is 2.05 bits per heavy atom. The van der Waals surface area contributed by atoms with Crippen LogP contribution in [0.3, 0.4) is 0 Å². The smallest absolute Gasteiger partial charge is 0.226 e. The first-order valence-corrected chi connectivity index (χ1v) is 7.76. The third-order valence-electron chi connectivity index (χ3n) is 2.93. The first-order chi connectivity index (χ1) is 10.1. The number of hydrogen-bond donors (Lipinski definition) is 1. The zero-order valence-corrected chi connectivity index (χ0v) is 13.4. The molecule has 5 heteroatoms. The molecule has 2 aromatic rings. The zero-order chi connectivity index (χ0) is 15.2. The molecule has 2 rings (SSSR count). The molecular weight excluding hydrogens is 284 g/mol. The lowest BCUT2D eigenvalue weighted by molar-refractivity contribution is -0.116. The molecule has 0 bridgehead atoms. The molecule has 0 aliphatic rings. The fourth-order valence-electron chi connectivity index (χ4n) is 1.93. The summed E-state index contributed by atoms with van der Waals surface area (Å²) in [6.07, 6.45) is 3.15. The standard InChI is InChI=1S/C16H20N2O2S/c1-11(2)8-15(19)18-16-17-10-14(21-16)9-12-4-6-13(20-3)7-5-12/h4-7,10-11H,8-9H2,1-3H3,(H,17,18,19). The van der Waals surface area contributed by atoms with Gasteiger partial charge in [-0.3, -0.25) is 4.79 Å². The molecular formula is C16H20N2O2S. The van der Waals surface area contributed by atoms with Crippen LogP contribution < -0.4 is 10.1 Å². The van der Waals surface area contributed by atoms with Crippen LogP contribution in [0.4, 0.5) is 5.13 Å². The van der Waals surface area contributed by atoms with Crippen molar-refractivity contribution in [3.05, 3.63) is 40.9 Å². The summed E-state index contributed by atoms with van der Waals surface area (Å²) < 4.78 is 5.14. The van der Waals surface area contributed by atoms with Crippen molar-refractivity contribution in [1.82, 2.24) is 4.98 Å². The average molecular weight is 304 g/mol. The number of nitrogens with one attached hydrogen (secondary N) is 1. The number of rotatable bonds is 6. The van der Waals surface area contributed by atoms with Crippen molar-refractivity contribution < 1.29 is 9.53 Å². The van der Waals surface area contributed by atoms with E-state index < -0.39 is 0 Å². The first-order valence-electron chi connectivity index (χ1n) is 6.94. The number of hydrogen-bond acceptors (Lipinski definition) is 4. The third kappa shape index (κ3) is 4.86. The van der Waals surface area contributed by atoms with Crippen molar-refractivity contribution in [3.63, 3.8) is 0 Å². The van der Waals surface area contributed by atoms with Crippen molar-refractivity contribution in [2.45, 2.75) is 26.7 Å².